The van der Waals surface area contributed by atoms with Crippen LogP contribution < -0.4 is 15.2 Å². The highest BCUT2D eigenvalue weighted by Crippen LogP contribution is 2.30. The van der Waals surface area contributed by atoms with Gasteiger partial charge in [0.05, 0.1) is 13.1 Å². The van der Waals surface area contributed by atoms with E-state index in [9.17, 15) is 23.1 Å². The minimum atomic E-state index is -3.79. The first-order chi connectivity index (χ1) is 13.3. The molecule has 8 nitrogen and oxygen atoms in total. The Labute approximate surface area is 162 Å². The van der Waals surface area contributed by atoms with Crippen molar-refractivity contribution in [2.24, 2.45) is 0 Å². The summed E-state index contributed by atoms with van der Waals surface area (Å²) in [5.41, 5.74) is 0.286. The van der Waals surface area contributed by atoms with Crippen molar-refractivity contribution in [3.63, 3.8) is 0 Å². The minimum Gasteiger partial charge on any atom is -0.545 e. The minimum absolute atomic E-state index is 0.0759. The second-order valence-corrected chi connectivity index (χ2v) is 8.21. The SMILES string of the molecule is COc1ccc(C(=O)Nc2cccc(C(=O)[O-])c2)cc1S(=O)(=O)N1CCCC1. The number of aromatic carboxylic acids is 1. The molecule has 0 spiro atoms. The largest absolute Gasteiger partial charge is 0.545 e. The van der Waals surface area contributed by atoms with Crippen LogP contribution in [0, 0.1) is 0 Å². The van der Waals surface area contributed by atoms with E-state index in [2.05, 4.69) is 5.32 Å². The summed E-state index contributed by atoms with van der Waals surface area (Å²) in [5.74, 6) is -1.78. The van der Waals surface area contributed by atoms with E-state index in [1.165, 1.54) is 53.9 Å². The first kappa shape index (κ1) is 19.8. The van der Waals surface area contributed by atoms with Crippen LogP contribution >= 0.6 is 0 Å². The van der Waals surface area contributed by atoms with Gasteiger partial charge in [-0.2, -0.15) is 4.31 Å². The van der Waals surface area contributed by atoms with Crippen LogP contribution in [-0.4, -0.2) is 44.8 Å². The van der Waals surface area contributed by atoms with Gasteiger partial charge in [-0.05, 0) is 48.7 Å². The van der Waals surface area contributed by atoms with Crippen molar-refractivity contribution in [3.05, 3.63) is 53.6 Å². The molecule has 3 rings (SSSR count). The average molecular weight is 403 g/mol. The van der Waals surface area contributed by atoms with E-state index in [0.29, 0.717) is 13.1 Å². The Balaban J connectivity index is 1.91. The van der Waals surface area contributed by atoms with Crippen molar-refractivity contribution in [2.45, 2.75) is 17.7 Å². The average Bonchev–Trinajstić information content (AvgIpc) is 3.23. The number of carbonyl (C=O) groups excluding carboxylic acids is 2. The molecule has 28 heavy (non-hydrogen) atoms. The third-order valence-electron chi connectivity index (χ3n) is 4.46. The number of sulfonamides is 1. The van der Waals surface area contributed by atoms with Crippen molar-refractivity contribution >= 4 is 27.6 Å². The lowest BCUT2D eigenvalue weighted by atomic mass is 10.1. The molecule has 0 aromatic heterocycles. The number of hydrogen-bond donors (Lipinski definition) is 1. The number of nitrogens with zero attached hydrogens (tertiary/aromatic N) is 1. The molecule has 1 heterocycles. The van der Waals surface area contributed by atoms with Gasteiger partial charge in [-0.1, -0.05) is 12.1 Å². The molecule has 1 aliphatic rings. The molecule has 0 unspecified atom stereocenters. The Morgan fingerprint density at radius 3 is 2.43 bits per heavy atom. The van der Waals surface area contributed by atoms with E-state index in [1.54, 1.807) is 0 Å². The zero-order valence-electron chi connectivity index (χ0n) is 15.2. The lowest BCUT2D eigenvalue weighted by molar-refractivity contribution is -0.255. The smallest absolute Gasteiger partial charge is 0.255 e. The lowest BCUT2D eigenvalue weighted by Gasteiger charge is -2.18. The molecule has 0 aliphatic carbocycles. The van der Waals surface area contributed by atoms with Crippen molar-refractivity contribution in [1.82, 2.24) is 4.31 Å². The third kappa shape index (κ3) is 4.00. The van der Waals surface area contributed by atoms with E-state index in [1.807, 2.05) is 0 Å². The molecule has 0 atom stereocenters. The number of amides is 1. The summed E-state index contributed by atoms with van der Waals surface area (Å²) < 4.78 is 32.4. The normalized spacial score (nSPS) is 14.6. The second-order valence-electron chi connectivity index (χ2n) is 6.30. The maximum absolute atomic E-state index is 12.9. The van der Waals surface area contributed by atoms with Gasteiger partial charge in [-0.3, -0.25) is 4.79 Å². The van der Waals surface area contributed by atoms with Crippen molar-refractivity contribution < 1.29 is 27.9 Å². The molecule has 0 saturated carbocycles. The monoisotopic (exact) mass is 403 g/mol. The maximum Gasteiger partial charge on any atom is 0.255 e. The molecule has 2 aromatic carbocycles. The van der Waals surface area contributed by atoms with Crippen LogP contribution in [0.3, 0.4) is 0 Å². The van der Waals surface area contributed by atoms with E-state index in [-0.39, 0.29) is 27.5 Å². The molecule has 0 bridgehead atoms. The molecule has 0 radical (unpaired) electrons. The van der Waals surface area contributed by atoms with E-state index >= 15 is 0 Å². The number of hydrogen-bond acceptors (Lipinski definition) is 6. The molecule has 2 aromatic rings. The van der Waals surface area contributed by atoms with Gasteiger partial charge in [-0.25, -0.2) is 8.42 Å². The summed E-state index contributed by atoms with van der Waals surface area (Å²) in [7, 11) is -2.42. The van der Waals surface area contributed by atoms with E-state index < -0.39 is 21.9 Å². The summed E-state index contributed by atoms with van der Waals surface area (Å²) >= 11 is 0. The molecular weight excluding hydrogens is 384 g/mol. The lowest BCUT2D eigenvalue weighted by Crippen LogP contribution is -2.28. The Kier molecular flexibility index (Phi) is 5.66. The summed E-state index contributed by atoms with van der Waals surface area (Å²) in [4.78, 5) is 23.4. The predicted octanol–water partition coefficient (Wildman–Crippen LogP) is 1.10. The summed E-state index contributed by atoms with van der Waals surface area (Å²) in [6.07, 6.45) is 1.58. The van der Waals surface area contributed by atoms with Gasteiger partial charge >= 0.3 is 0 Å². The fraction of sp³-hybridized carbons (Fsp3) is 0.263. The second kappa shape index (κ2) is 7.99. The Hall–Kier alpha value is -2.91. The predicted molar refractivity (Wildman–Crippen MR) is 99.7 cm³/mol. The van der Waals surface area contributed by atoms with Crippen LogP contribution in [0.25, 0.3) is 0 Å². The standard InChI is InChI=1S/C19H20N2O6S/c1-27-16-8-7-13(12-17(16)28(25,26)21-9-2-3-10-21)18(22)20-15-6-4-5-14(11-15)19(23)24/h4-8,11-12H,2-3,9-10H2,1H3,(H,20,22)(H,23,24)/p-1. The van der Waals surface area contributed by atoms with Crippen LogP contribution in [0.4, 0.5) is 5.69 Å². The van der Waals surface area contributed by atoms with Gasteiger partial charge in [-0.15, -0.1) is 0 Å². The zero-order chi connectivity index (χ0) is 20.3. The first-order valence-electron chi connectivity index (χ1n) is 8.64. The van der Waals surface area contributed by atoms with Crippen LogP contribution in [0.5, 0.6) is 5.75 Å². The number of carboxylic acids is 1. The highest BCUT2D eigenvalue weighted by Gasteiger charge is 2.30. The Bertz CT molecular complexity index is 1010. The van der Waals surface area contributed by atoms with Crippen molar-refractivity contribution in [2.75, 3.05) is 25.5 Å². The highest BCUT2D eigenvalue weighted by molar-refractivity contribution is 7.89. The van der Waals surface area contributed by atoms with Crippen LogP contribution in [0.1, 0.15) is 33.6 Å². The van der Waals surface area contributed by atoms with Crippen molar-refractivity contribution in [3.8, 4) is 5.75 Å². The number of anilines is 1. The molecule has 1 saturated heterocycles. The molecule has 148 valence electrons. The summed E-state index contributed by atoms with van der Waals surface area (Å²) in [6, 6.07) is 9.74. The number of rotatable bonds is 6. The first-order valence-corrected chi connectivity index (χ1v) is 10.1. The van der Waals surface area contributed by atoms with Crippen LogP contribution in [0.15, 0.2) is 47.4 Å². The van der Waals surface area contributed by atoms with Gasteiger partial charge in [0.2, 0.25) is 10.0 Å². The molecule has 1 amide bonds. The topological polar surface area (TPSA) is 116 Å². The molecule has 9 heteroatoms. The number of methoxy groups -OCH3 is 1. The maximum atomic E-state index is 12.9. The highest BCUT2D eigenvalue weighted by atomic mass is 32.2. The zero-order valence-corrected chi connectivity index (χ0v) is 16.0. The molecule has 1 aliphatic heterocycles. The third-order valence-corrected chi connectivity index (χ3v) is 6.38. The number of ether oxygens (including phenoxy) is 1. The summed E-state index contributed by atoms with van der Waals surface area (Å²) in [6.45, 7) is 0.857. The van der Waals surface area contributed by atoms with E-state index in [0.717, 1.165) is 12.8 Å². The Morgan fingerprint density at radius 1 is 1.07 bits per heavy atom. The van der Waals surface area contributed by atoms with Gasteiger partial charge in [0, 0.05) is 24.3 Å². The fourth-order valence-electron chi connectivity index (χ4n) is 3.01. The van der Waals surface area contributed by atoms with Gasteiger partial charge in [0.15, 0.2) is 0 Å². The number of benzene rings is 2. The van der Waals surface area contributed by atoms with Crippen LogP contribution in [-0.2, 0) is 10.0 Å². The fourth-order valence-corrected chi connectivity index (χ4v) is 4.71. The van der Waals surface area contributed by atoms with Crippen molar-refractivity contribution in [1.29, 1.82) is 0 Å². The van der Waals surface area contributed by atoms with E-state index in [4.69, 9.17) is 4.74 Å². The van der Waals surface area contributed by atoms with Gasteiger partial charge in [0.25, 0.3) is 5.91 Å². The molecule has 1 N–H and O–H groups in total. The molecule has 1 fully saturated rings. The Morgan fingerprint density at radius 2 is 1.79 bits per heavy atom. The van der Waals surface area contributed by atoms with Crippen LogP contribution in [0.2, 0.25) is 0 Å². The number of carbonyl (C=O) groups is 2. The quantitative estimate of drug-likeness (QED) is 0.772. The molecular formula is C19H19N2O6S-. The number of carboxylic acid groups (broad SMARTS) is 1. The summed E-state index contributed by atoms with van der Waals surface area (Å²) in [5, 5.41) is 13.5. The number of nitrogens with one attached hydrogen (secondary N) is 1. The van der Waals surface area contributed by atoms with Gasteiger partial charge < -0.3 is 20.0 Å². The van der Waals surface area contributed by atoms with Gasteiger partial charge in [0.1, 0.15) is 10.6 Å².